The Bertz CT molecular complexity index is 1480. The van der Waals surface area contributed by atoms with Crippen molar-refractivity contribution in [3.05, 3.63) is 84.4 Å². The first kappa shape index (κ1) is 58.6. The van der Waals surface area contributed by atoms with Crippen molar-refractivity contribution >= 4 is 23.9 Å². The summed E-state index contributed by atoms with van der Waals surface area (Å²) in [6, 6.07) is 14.2. The summed E-state index contributed by atoms with van der Waals surface area (Å²) in [6.45, 7) is 18.6. The Morgan fingerprint density at radius 3 is 0.983 bits per heavy atom. The fourth-order valence-corrected chi connectivity index (χ4v) is 4.58. The van der Waals surface area contributed by atoms with Gasteiger partial charge in [-0.25, -0.2) is 0 Å². The third-order valence-electron chi connectivity index (χ3n) is 8.14. The molecule has 3 rings (SSSR count). The minimum atomic E-state index is -1.51. The Morgan fingerprint density at radius 2 is 0.759 bits per heavy atom. The van der Waals surface area contributed by atoms with Crippen LogP contribution in [0.15, 0.2) is 73.3 Å². The first-order valence-electron chi connectivity index (χ1n) is 19.0. The molecule has 0 spiro atoms. The Balaban J connectivity index is -0.000000715. The summed E-state index contributed by atoms with van der Waals surface area (Å²) in [6.07, 6.45) is 15.2. The molecule has 3 aromatic rings. The summed E-state index contributed by atoms with van der Waals surface area (Å²) in [7, 11) is 0. The third kappa shape index (κ3) is 28.6. The van der Waals surface area contributed by atoms with Crippen molar-refractivity contribution in [3.8, 4) is 11.5 Å². The largest absolute Gasteiger partial charge is 2.00 e. The zero-order valence-electron chi connectivity index (χ0n) is 35.6. The number of rotatable bonds is 17. The second-order valence-electron chi connectivity index (χ2n) is 16.3. The monoisotopic (exact) mass is 984 g/mol. The van der Waals surface area contributed by atoms with Crippen LogP contribution in [0.2, 0.25) is 0 Å². The topological polar surface area (TPSA) is 205 Å². The van der Waals surface area contributed by atoms with Crippen molar-refractivity contribution in [2.45, 2.75) is 155 Å². The number of nitrogens with zero attached hydrogens (tertiary/aromatic N) is 2. The summed E-state index contributed by atoms with van der Waals surface area (Å²) in [5.41, 5.74) is 0.154. The van der Waals surface area contributed by atoms with Gasteiger partial charge in [0.2, 0.25) is 0 Å². The molecule has 0 saturated heterocycles. The van der Waals surface area contributed by atoms with E-state index in [1.54, 1.807) is 6.07 Å². The standard InChI is InChI=1S/C14H18O6.C12H22O4.2C9H13N.2Rh/c1-13(2,11(15)16)19-9-6-5-7-10(8-9)20-14(3,4)12(17)18;13-11(14)9-7-5-3-1-2-4-6-8-10-12(15)16;2*1-9(2,3)8-4-6-10-7-5-8;;/h5-8H,1-4H3,(H,15,16)(H,17,18);1-10H2,(H,13,14)(H,15,16);2*4-7H,1-3H3;;/q;;;;2*+2/p-4. The Hall–Kier alpha value is -3.75. The molecule has 0 amide bonds. The number of aliphatic carboxylic acids is 4. The molecule has 0 fully saturated rings. The van der Waals surface area contributed by atoms with Gasteiger partial charge < -0.3 is 49.1 Å². The van der Waals surface area contributed by atoms with Crippen LogP contribution in [0.25, 0.3) is 0 Å². The van der Waals surface area contributed by atoms with E-state index in [1.165, 1.54) is 57.0 Å². The molecule has 0 aliphatic carbocycles. The predicted octanol–water partition coefficient (Wildman–Crippen LogP) is 4.64. The van der Waals surface area contributed by atoms with E-state index in [0.717, 1.165) is 38.5 Å². The predicted molar refractivity (Wildman–Crippen MR) is 208 cm³/mol. The number of pyridine rings is 2. The fraction of sp³-hybridized carbons (Fsp3) is 0.545. The second kappa shape index (κ2) is 29.5. The number of unbranched alkanes of at least 4 members (excludes halogenated alkanes) is 7. The summed E-state index contributed by atoms with van der Waals surface area (Å²) in [5, 5.41) is 41.9. The number of ether oxygens (including phenoxy) is 2. The van der Waals surface area contributed by atoms with Crippen LogP contribution < -0.4 is 29.9 Å². The van der Waals surface area contributed by atoms with Gasteiger partial charge in [0.15, 0.2) is 0 Å². The third-order valence-corrected chi connectivity index (χ3v) is 8.14. The van der Waals surface area contributed by atoms with Crippen molar-refractivity contribution in [3.63, 3.8) is 0 Å². The van der Waals surface area contributed by atoms with Gasteiger partial charge in [-0.05, 0) is 112 Å². The summed E-state index contributed by atoms with van der Waals surface area (Å²) in [5.74, 6) is -4.21. The minimum Gasteiger partial charge on any atom is -0.550 e. The molecular weight excluding hydrogens is 922 g/mol. The van der Waals surface area contributed by atoms with Crippen LogP contribution in [0, 0.1) is 0 Å². The normalized spacial score (nSPS) is 10.9. The van der Waals surface area contributed by atoms with E-state index in [1.807, 2.05) is 24.8 Å². The molecule has 326 valence electrons. The quantitative estimate of drug-likeness (QED) is 0.134. The molecule has 0 N–H and O–H groups in total. The molecule has 12 nitrogen and oxygen atoms in total. The smallest absolute Gasteiger partial charge is 0.550 e. The molecule has 0 aliphatic heterocycles. The molecule has 2 heterocycles. The number of hydrogen-bond donors (Lipinski definition) is 0. The van der Waals surface area contributed by atoms with E-state index < -0.39 is 35.1 Å². The van der Waals surface area contributed by atoms with Gasteiger partial charge in [0.1, 0.15) is 22.7 Å². The van der Waals surface area contributed by atoms with Gasteiger partial charge in [-0.15, -0.1) is 0 Å². The number of carboxylic acids is 4. The molecule has 0 unspecified atom stereocenters. The molecule has 2 aromatic heterocycles. The van der Waals surface area contributed by atoms with Crippen molar-refractivity contribution in [1.29, 1.82) is 0 Å². The van der Waals surface area contributed by atoms with E-state index in [2.05, 4.69) is 75.8 Å². The molecule has 0 atom stereocenters. The molecule has 0 bridgehead atoms. The number of carbonyl (C=O) groups is 4. The van der Waals surface area contributed by atoms with E-state index in [9.17, 15) is 39.6 Å². The molecule has 0 aliphatic rings. The average molecular weight is 985 g/mol. The van der Waals surface area contributed by atoms with Crippen LogP contribution in [0.1, 0.15) is 145 Å². The first-order valence-corrected chi connectivity index (χ1v) is 19.0. The van der Waals surface area contributed by atoms with Crippen molar-refractivity contribution in [2.75, 3.05) is 0 Å². The zero-order chi connectivity index (χ0) is 43.0. The Labute approximate surface area is 371 Å². The van der Waals surface area contributed by atoms with Crippen molar-refractivity contribution in [1.82, 2.24) is 9.97 Å². The number of carbonyl (C=O) groups excluding carboxylic acids is 4. The number of hydrogen-bond acceptors (Lipinski definition) is 12. The molecule has 2 radical (unpaired) electrons. The maximum Gasteiger partial charge on any atom is 2.00 e. The SMILES string of the molecule is CC(C)(C)c1ccncc1.CC(C)(C)c1ccncc1.CC(C)(Oc1cccc(OC(C)(C)C(=O)[O-])c1)C(=O)[O-].O=C([O-])CCCCCCCCCCC(=O)[O-].[Rh+2].[Rh+2]. The Kier molecular flexibility index (Phi) is 29.7. The van der Waals surface area contributed by atoms with Crippen molar-refractivity contribution < 1.29 is 88.0 Å². The van der Waals surface area contributed by atoms with Gasteiger partial charge in [0.05, 0.1) is 11.9 Å². The van der Waals surface area contributed by atoms with Crippen LogP contribution in [-0.4, -0.2) is 45.0 Å². The van der Waals surface area contributed by atoms with E-state index in [-0.39, 0.29) is 74.1 Å². The fourth-order valence-electron chi connectivity index (χ4n) is 4.58. The maximum atomic E-state index is 10.9. The van der Waals surface area contributed by atoms with E-state index in [4.69, 9.17) is 9.47 Å². The van der Waals surface area contributed by atoms with Gasteiger partial charge in [0, 0.05) is 42.8 Å². The Morgan fingerprint density at radius 1 is 0.483 bits per heavy atom. The maximum absolute atomic E-state index is 10.9. The van der Waals surface area contributed by atoms with E-state index >= 15 is 0 Å². The zero-order valence-corrected chi connectivity index (χ0v) is 38.9. The summed E-state index contributed by atoms with van der Waals surface area (Å²) >= 11 is 0. The average Bonchev–Trinajstić information content (AvgIpc) is 3.09. The number of benzene rings is 1. The summed E-state index contributed by atoms with van der Waals surface area (Å²) < 4.78 is 10.5. The summed E-state index contributed by atoms with van der Waals surface area (Å²) in [4.78, 5) is 49.9. The van der Waals surface area contributed by atoms with Crippen LogP contribution >= 0.6 is 0 Å². The van der Waals surface area contributed by atoms with Gasteiger partial charge in [-0.1, -0.05) is 86.1 Å². The molecule has 14 heteroatoms. The van der Waals surface area contributed by atoms with Gasteiger partial charge >= 0.3 is 39.0 Å². The van der Waals surface area contributed by atoms with Crippen LogP contribution in [0.3, 0.4) is 0 Å². The van der Waals surface area contributed by atoms with Crippen molar-refractivity contribution in [2.24, 2.45) is 0 Å². The van der Waals surface area contributed by atoms with E-state index in [0.29, 0.717) is 12.8 Å². The van der Waals surface area contributed by atoms with Gasteiger partial charge in [-0.2, -0.15) is 0 Å². The molecular formula is C44H62N2O10Rh2. The number of carboxylic acid groups (broad SMARTS) is 4. The second-order valence-corrected chi connectivity index (χ2v) is 16.3. The van der Waals surface area contributed by atoms with Gasteiger partial charge in [-0.3, -0.25) is 9.97 Å². The molecule has 58 heavy (non-hydrogen) atoms. The first-order chi connectivity index (χ1) is 25.9. The number of aromatic nitrogens is 2. The van der Waals surface area contributed by atoms with Crippen LogP contribution in [-0.2, 0) is 69.0 Å². The van der Waals surface area contributed by atoms with Gasteiger partial charge in [0.25, 0.3) is 0 Å². The van der Waals surface area contributed by atoms with Crippen LogP contribution in [0.5, 0.6) is 11.5 Å². The van der Waals surface area contributed by atoms with Crippen LogP contribution in [0.4, 0.5) is 0 Å². The minimum absolute atomic E-state index is 0. The molecule has 1 aromatic carbocycles. The molecule has 0 saturated carbocycles.